The number of quaternary nitrogens is 1. The van der Waals surface area contributed by atoms with Gasteiger partial charge in [0.25, 0.3) is 7.82 Å². The summed E-state index contributed by atoms with van der Waals surface area (Å²) < 4.78 is 23.2. The van der Waals surface area contributed by atoms with Crippen LogP contribution in [0.15, 0.2) is 12.2 Å². The minimum atomic E-state index is -4.55. The molecule has 0 aliphatic heterocycles. The summed E-state index contributed by atoms with van der Waals surface area (Å²) in [6, 6.07) is -0.798. The summed E-state index contributed by atoms with van der Waals surface area (Å²) in [5, 5.41) is 13.8. The Hall–Kier alpha value is -0.760. The molecule has 0 saturated heterocycles. The second kappa shape index (κ2) is 32.2. The van der Waals surface area contributed by atoms with Gasteiger partial charge in [0.15, 0.2) is 0 Å². The molecule has 0 aliphatic rings. The van der Waals surface area contributed by atoms with Crippen LogP contribution in [0, 0.1) is 0 Å². The maximum atomic E-state index is 12.8. The number of likely N-dealkylation sites (N-methyl/N-ethyl adjacent to an activating group) is 1. The molecule has 1 unspecified atom stereocenters. The lowest BCUT2D eigenvalue weighted by Gasteiger charge is -2.30. The second-order valence-electron chi connectivity index (χ2n) is 15.0. The maximum absolute atomic E-state index is 12.8. The molecule has 8 nitrogen and oxygen atoms in total. The third kappa shape index (κ3) is 33.7. The molecule has 9 heteroatoms. The van der Waals surface area contributed by atoms with Crippen molar-refractivity contribution in [1.29, 1.82) is 0 Å². The molecule has 0 bridgehead atoms. The summed E-state index contributed by atoms with van der Waals surface area (Å²) in [5.74, 6) is -0.175. The normalized spacial score (nSPS) is 14.7. The standard InChI is InChI=1S/C39H79N2O6P/c1-6-8-10-12-14-16-18-20-21-23-25-27-29-31-33-39(43)40-37(36-47-48(44,45)46-35-34-41(3,4)5)38(42)32-30-28-26-24-22-19-17-15-13-11-9-7-2/h18,20,37-38,42H,6-17,19,21-36H2,1-5H3,(H-,40,43,44,45)/b20-18+/t37-,38+/m0/s1. The van der Waals surface area contributed by atoms with Gasteiger partial charge >= 0.3 is 0 Å². The number of carbonyl (C=O) groups excluding carboxylic acids is 1. The highest BCUT2D eigenvalue weighted by Crippen LogP contribution is 2.38. The zero-order chi connectivity index (χ0) is 35.8. The minimum Gasteiger partial charge on any atom is -0.756 e. The first-order valence-corrected chi connectivity index (χ1v) is 21.5. The molecule has 0 spiro atoms. The number of amides is 1. The molecule has 3 atom stereocenters. The Morgan fingerprint density at radius 1 is 0.708 bits per heavy atom. The summed E-state index contributed by atoms with van der Waals surface area (Å²) >= 11 is 0. The number of aliphatic hydroxyl groups excluding tert-OH is 1. The molecular weight excluding hydrogens is 623 g/mol. The van der Waals surface area contributed by atoms with Crippen LogP contribution in [0.2, 0.25) is 0 Å². The van der Waals surface area contributed by atoms with Gasteiger partial charge in [-0.1, -0.05) is 148 Å². The molecule has 0 fully saturated rings. The fourth-order valence-corrected chi connectivity index (χ4v) is 6.46. The van der Waals surface area contributed by atoms with Crippen LogP contribution >= 0.6 is 7.82 Å². The van der Waals surface area contributed by atoms with Crippen molar-refractivity contribution in [2.45, 2.75) is 193 Å². The molecule has 286 valence electrons. The molecule has 0 heterocycles. The van der Waals surface area contributed by atoms with E-state index in [1.807, 2.05) is 21.1 Å². The number of aliphatic hydroxyl groups is 1. The van der Waals surface area contributed by atoms with Crippen LogP contribution in [-0.4, -0.2) is 68.5 Å². The van der Waals surface area contributed by atoms with E-state index in [4.69, 9.17) is 9.05 Å². The average Bonchev–Trinajstić information content (AvgIpc) is 3.02. The molecule has 0 aromatic heterocycles. The Balaban J connectivity index is 4.45. The SMILES string of the molecule is CCCCCCC/C=C/CCCCCCCC(=O)N[C@@H](COP(=O)([O-])OCC[N+](C)(C)C)[C@H](O)CCCCCCCCCCCCCC. The highest BCUT2D eigenvalue weighted by Gasteiger charge is 2.24. The predicted molar refractivity (Wildman–Crippen MR) is 201 cm³/mol. The van der Waals surface area contributed by atoms with Gasteiger partial charge in [0.1, 0.15) is 13.2 Å². The zero-order valence-electron chi connectivity index (χ0n) is 32.2. The van der Waals surface area contributed by atoms with E-state index in [-0.39, 0.29) is 19.1 Å². The Labute approximate surface area is 297 Å². The van der Waals surface area contributed by atoms with Crippen molar-refractivity contribution in [2.24, 2.45) is 0 Å². The van der Waals surface area contributed by atoms with E-state index in [9.17, 15) is 19.4 Å². The quantitative estimate of drug-likeness (QED) is 0.0291. The summed E-state index contributed by atoms with van der Waals surface area (Å²) in [7, 11) is 1.30. The Kier molecular flexibility index (Phi) is 31.7. The van der Waals surface area contributed by atoms with Crippen LogP contribution < -0.4 is 10.2 Å². The number of phosphoric ester groups is 1. The summed E-state index contributed by atoms with van der Waals surface area (Å²) in [6.07, 6.45) is 33.5. The van der Waals surface area contributed by atoms with E-state index in [0.717, 1.165) is 51.4 Å². The molecule has 0 aromatic rings. The van der Waals surface area contributed by atoms with Crippen LogP contribution in [0.25, 0.3) is 0 Å². The van der Waals surface area contributed by atoms with E-state index in [0.29, 0.717) is 23.9 Å². The molecule has 1 amide bonds. The highest BCUT2D eigenvalue weighted by molar-refractivity contribution is 7.45. The van der Waals surface area contributed by atoms with Crippen LogP contribution in [-0.2, 0) is 18.4 Å². The molecule has 0 aliphatic carbocycles. The molecule has 0 radical (unpaired) electrons. The van der Waals surface area contributed by atoms with Gasteiger partial charge in [-0.3, -0.25) is 9.36 Å². The van der Waals surface area contributed by atoms with Gasteiger partial charge in [0.05, 0.1) is 39.9 Å². The van der Waals surface area contributed by atoms with Crippen molar-refractivity contribution in [3.05, 3.63) is 12.2 Å². The Morgan fingerprint density at radius 3 is 1.62 bits per heavy atom. The summed E-state index contributed by atoms with van der Waals surface area (Å²) in [5.41, 5.74) is 0. The third-order valence-corrected chi connectivity index (χ3v) is 9.97. The number of nitrogens with zero attached hydrogens (tertiary/aromatic N) is 1. The van der Waals surface area contributed by atoms with Crippen molar-refractivity contribution in [3.63, 3.8) is 0 Å². The van der Waals surface area contributed by atoms with E-state index >= 15 is 0 Å². The third-order valence-electron chi connectivity index (χ3n) is 9.00. The number of hydrogen-bond acceptors (Lipinski definition) is 6. The summed E-state index contributed by atoms with van der Waals surface area (Å²) in [4.78, 5) is 25.2. The highest BCUT2D eigenvalue weighted by atomic mass is 31.2. The first kappa shape index (κ1) is 47.2. The van der Waals surface area contributed by atoms with Crippen LogP contribution in [0.5, 0.6) is 0 Å². The number of unbranched alkanes of at least 4 members (excludes halogenated alkanes) is 21. The van der Waals surface area contributed by atoms with E-state index < -0.39 is 20.0 Å². The maximum Gasteiger partial charge on any atom is 0.268 e. The number of phosphoric acid groups is 1. The molecule has 48 heavy (non-hydrogen) atoms. The van der Waals surface area contributed by atoms with Crippen molar-refractivity contribution in [1.82, 2.24) is 5.32 Å². The van der Waals surface area contributed by atoms with Crippen LogP contribution in [0.1, 0.15) is 181 Å². The lowest BCUT2D eigenvalue weighted by molar-refractivity contribution is -0.870. The van der Waals surface area contributed by atoms with Gasteiger partial charge in [-0.25, -0.2) is 0 Å². The molecule has 0 rings (SSSR count). The van der Waals surface area contributed by atoms with Gasteiger partial charge < -0.3 is 28.8 Å². The monoisotopic (exact) mass is 703 g/mol. The fraction of sp³-hybridized carbons (Fsp3) is 0.923. The first-order chi connectivity index (χ1) is 23.0. The van der Waals surface area contributed by atoms with E-state index in [1.165, 1.54) is 103 Å². The summed E-state index contributed by atoms with van der Waals surface area (Å²) in [6.45, 7) is 4.68. The second-order valence-corrected chi connectivity index (χ2v) is 16.4. The smallest absolute Gasteiger partial charge is 0.268 e. The van der Waals surface area contributed by atoms with Crippen LogP contribution in [0.3, 0.4) is 0 Å². The molecule has 2 N–H and O–H groups in total. The number of nitrogens with one attached hydrogen (secondary N) is 1. The lowest BCUT2D eigenvalue weighted by Crippen LogP contribution is -2.46. The van der Waals surface area contributed by atoms with Crippen molar-refractivity contribution in [2.75, 3.05) is 40.9 Å². The number of allylic oxidation sites excluding steroid dienone is 2. The number of carbonyl (C=O) groups is 1. The fourth-order valence-electron chi connectivity index (χ4n) is 5.74. The van der Waals surface area contributed by atoms with Gasteiger partial charge in [-0.2, -0.15) is 0 Å². The minimum absolute atomic E-state index is 0.0120. The van der Waals surface area contributed by atoms with Gasteiger partial charge in [-0.15, -0.1) is 0 Å². The number of hydrogen-bond donors (Lipinski definition) is 2. The van der Waals surface area contributed by atoms with Gasteiger partial charge in [0, 0.05) is 6.42 Å². The zero-order valence-corrected chi connectivity index (χ0v) is 33.1. The molecule has 0 aromatic carbocycles. The van der Waals surface area contributed by atoms with Crippen LogP contribution in [0.4, 0.5) is 0 Å². The molecular formula is C39H79N2O6P. The largest absolute Gasteiger partial charge is 0.756 e. The topological polar surface area (TPSA) is 108 Å². The van der Waals surface area contributed by atoms with E-state index in [2.05, 4.69) is 31.3 Å². The van der Waals surface area contributed by atoms with Crippen molar-refractivity contribution < 1.29 is 32.9 Å². The Bertz CT molecular complexity index is 804. The predicted octanol–water partition coefficient (Wildman–Crippen LogP) is 9.78. The van der Waals surface area contributed by atoms with Crippen molar-refractivity contribution in [3.8, 4) is 0 Å². The number of rotatable bonds is 36. The first-order valence-electron chi connectivity index (χ1n) is 20.0. The average molecular weight is 703 g/mol. The molecule has 0 saturated carbocycles. The van der Waals surface area contributed by atoms with Crippen molar-refractivity contribution >= 4 is 13.7 Å². The van der Waals surface area contributed by atoms with Gasteiger partial charge in [0.2, 0.25) is 5.91 Å². The van der Waals surface area contributed by atoms with E-state index in [1.54, 1.807) is 0 Å². The van der Waals surface area contributed by atoms with Gasteiger partial charge in [-0.05, 0) is 38.5 Å². The Morgan fingerprint density at radius 2 is 1.15 bits per heavy atom. The lowest BCUT2D eigenvalue weighted by atomic mass is 10.0.